The molecule has 0 heterocycles. The molecule has 0 fully saturated rings. The highest BCUT2D eigenvalue weighted by atomic mass is 16.4. The third kappa shape index (κ3) is 6.61. The van der Waals surface area contributed by atoms with Crippen LogP contribution in [0.15, 0.2) is 24.3 Å². The van der Waals surface area contributed by atoms with E-state index in [1.165, 1.54) is 0 Å². The number of aliphatic carboxylic acids is 1. The number of hydrogen-bond acceptors (Lipinski definition) is 2. The van der Waals surface area contributed by atoms with Crippen molar-refractivity contribution >= 4 is 5.97 Å². The largest absolute Gasteiger partial charge is 0.508 e. The highest BCUT2D eigenvalue weighted by molar-refractivity contribution is 5.66. The van der Waals surface area contributed by atoms with Crippen LogP contribution in [0, 0.1) is 0 Å². The Morgan fingerprint density at radius 1 is 1.24 bits per heavy atom. The molecule has 0 aromatic heterocycles. The maximum Gasteiger partial charge on any atom is 0.303 e. The molecule has 0 aliphatic heterocycles. The summed E-state index contributed by atoms with van der Waals surface area (Å²) >= 11 is 0. The number of para-hydroxylation sites is 1. The van der Waals surface area contributed by atoms with Gasteiger partial charge in [0, 0.05) is 6.42 Å². The predicted molar refractivity (Wildman–Crippen MR) is 69.4 cm³/mol. The van der Waals surface area contributed by atoms with Gasteiger partial charge in [0.15, 0.2) is 0 Å². The Balaban J connectivity index is 0.000000366. The van der Waals surface area contributed by atoms with Gasteiger partial charge in [-0.15, -0.1) is 0 Å². The van der Waals surface area contributed by atoms with Crippen molar-refractivity contribution in [3.05, 3.63) is 29.8 Å². The molecule has 17 heavy (non-hydrogen) atoms. The van der Waals surface area contributed by atoms with Gasteiger partial charge in [-0.2, -0.15) is 0 Å². The van der Waals surface area contributed by atoms with Gasteiger partial charge < -0.3 is 10.2 Å². The minimum atomic E-state index is -0.711. The van der Waals surface area contributed by atoms with Gasteiger partial charge in [0.05, 0.1) is 0 Å². The van der Waals surface area contributed by atoms with Gasteiger partial charge >= 0.3 is 5.97 Å². The molecule has 1 aromatic rings. The van der Waals surface area contributed by atoms with Crippen LogP contribution >= 0.6 is 0 Å². The Kier molecular flexibility index (Phi) is 6.33. The van der Waals surface area contributed by atoms with Gasteiger partial charge in [0.1, 0.15) is 5.75 Å². The number of carboxylic acids is 1. The standard InChI is InChI=1S/C10H14O.C4H8O2/c1-10(2,3)8-6-4-5-7-9(8)11;1-2-3-4(5)6/h4-7,11H,1-3H3;2-3H2,1H3,(H,5,6). The highest BCUT2D eigenvalue weighted by Gasteiger charge is 2.16. The smallest absolute Gasteiger partial charge is 0.303 e. The van der Waals surface area contributed by atoms with E-state index in [4.69, 9.17) is 5.11 Å². The number of aromatic hydroxyl groups is 1. The van der Waals surface area contributed by atoms with Crippen LogP contribution in [0.2, 0.25) is 0 Å². The first-order valence-electron chi connectivity index (χ1n) is 5.79. The quantitative estimate of drug-likeness (QED) is 0.828. The predicted octanol–water partition coefficient (Wildman–Crippen LogP) is 3.56. The first kappa shape index (κ1) is 15.5. The second-order valence-corrected chi connectivity index (χ2v) is 4.91. The van der Waals surface area contributed by atoms with E-state index in [1.807, 2.05) is 25.1 Å². The topological polar surface area (TPSA) is 57.5 Å². The summed E-state index contributed by atoms with van der Waals surface area (Å²) in [5, 5.41) is 17.4. The molecule has 1 rings (SSSR count). The minimum Gasteiger partial charge on any atom is -0.508 e. The summed E-state index contributed by atoms with van der Waals surface area (Å²) in [6.07, 6.45) is 1.02. The lowest BCUT2D eigenvalue weighted by molar-refractivity contribution is -0.137. The number of rotatable bonds is 2. The first-order chi connectivity index (χ1) is 7.79. The van der Waals surface area contributed by atoms with E-state index in [0.717, 1.165) is 12.0 Å². The van der Waals surface area contributed by atoms with Gasteiger partial charge in [0.2, 0.25) is 0 Å². The number of phenols is 1. The van der Waals surface area contributed by atoms with E-state index >= 15 is 0 Å². The first-order valence-corrected chi connectivity index (χ1v) is 5.79. The van der Waals surface area contributed by atoms with Crippen LogP contribution in [0.1, 0.15) is 46.1 Å². The molecule has 96 valence electrons. The van der Waals surface area contributed by atoms with E-state index in [0.29, 0.717) is 12.2 Å². The molecule has 0 bridgehead atoms. The van der Waals surface area contributed by atoms with Crippen LogP contribution in [0.3, 0.4) is 0 Å². The molecule has 2 N–H and O–H groups in total. The Labute approximate surface area is 103 Å². The van der Waals surface area contributed by atoms with E-state index < -0.39 is 5.97 Å². The molecule has 0 aliphatic carbocycles. The van der Waals surface area contributed by atoms with E-state index in [1.54, 1.807) is 6.07 Å². The van der Waals surface area contributed by atoms with Gasteiger partial charge in [-0.05, 0) is 23.5 Å². The van der Waals surface area contributed by atoms with E-state index in [9.17, 15) is 9.90 Å². The summed E-state index contributed by atoms with van der Waals surface area (Å²) in [7, 11) is 0. The van der Waals surface area contributed by atoms with Crippen molar-refractivity contribution in [1.29, 1.82) is 0 Å². The highest BCUT2D eigenvalue weighted by Crippen LogP contribution is 2.29. The van der Waals surface area contributed by atoms with Gasteiger partial charge in [-0.3, -0.25) is 4.79 Å². The SMILES string of the molecule is CC(C)(C)c1ccccc1O.CCCC(=O)O. The fraction of sp³-hybridized carbons (Fsp3) is 0.500. The van der Waals surface area contributed by atoms with Crippen LogP contribution in [-0.4, -0.2) is 16.2 Å². The van der Waals surface area contributed by atoms with Crippen molar-refractivity contribution in [2.45, 2.75) is 46.0 Å². The van der Waals surface area contributed by atoms with Gasteiger partial charge in [-0.1, -0.05) is 45.9 Å². The molecule has 3 heteroatoms. The summed E-state index contributed by atoms with van der Waals surface area (Å²) in [5.74, 6) is -0.322. The van der Waals surface area contributed by atoms with Crippen molar-refractivity contribution in [2.24, 2.45) is 0 Å². The molecule has 0 amide bonds. The van der Waals surface area contributed by atoms with Crippen LogP contribution < -0.4 is 0 Å². The summed E-state index contributed by atoms with van der Waals surface area (Å²) in [6.45, 7) is 8.10. The van der Waals surface area contributed by atoms with Crippen LogP contribution in [-0.2, 0) is 10.2 Å². The Morgan fingerprint density at radius 2 is 1.76 bits per heavy atom. The molecule has 0 saturated carbocycles. The number of carbonyl (C=O) groups is 1. The van der Waals surface area contributed by atoms with Crippen molar-refractivity contribution < 1.29 is 15.0 Å². The van der Waals surface area contributed by atoms with Crippen LogP contribution in [0.5, 0.6) is 5.75 Å². The summed E-state index contributed by atoms with van der Waals surface area (Å²) < 4.78 is 0. The summed E-state index contributed by atoms with van der Waals surface area (Å²) in [6, 6.07) is 7.46. The molecule has 0 aliphatic rings. The minimum absolute atomic E-state index is 0.0331. The van der Waals surface area contributed by atoms with Crippen molar-refractivity contribution in [3.63, 3.8) is 0 Å². The molecule has 0 saturated heterocycles. The fourth-order valence-corrected chi connectivity index (χ4v) is 1.32. The molecular formula is C14H22O3. The lowest BCUT2D eigenvalue weighted by atomic mass is 9.86. The summed E-state index contributed by atoms with van der Waals surface area (Å²) in [5.41, 5.74) is 1.03. The van der Waals surface area contributed by atoms with E-state index in [-0.39, 0.29) is 5.41 Å². The number of hydrogen-bond donors (Lipinski definition) is 2. The average Bonchev–Trinajstić information content (AvgIpc) is 2.17. The normalized spacial score (nSPS) is 10.4. The molecule has 0 unspecified atom stereocenters. The Bertz CT molecular complexity index is 351. The number of phenolic OH excluding ortho intramolecular Hbond substituents is 1. The average molecular weight is 238 g/mol. The van der Waals surface area contributed by atoms with Gasteiger partial charge in [0.25, 0.3) is 0 Å². The van der Waals surface area contributed by atoms with Crippen LogP contribution in [0.25, 0.3) is 0 Å². The fourth-order valence-electron chi connectivity index (χ4n) is 1.32. The van der Waals surface area contributed by atoms with E-state index in [2.05, 4.69) is 20.8 Å². The lowest BCUT2D eigenvalue weighted by Crippen LogP contribution is -2.10. The maximum absolute atomic E-state index is 9.60. The second-order valence-electron chi connectivity index (χ2n) is 4.91. The molecule has 0 spiro atoms. The van der Waals surface area contributed by atoms with Gasteiger partial charge in [-0.25, -0.2) is 0 Å². The number of benzene rings is 1. The third-order valence-electron chi connectivity index (χ3n) is 2.18. The number of carboxylic acid groups (broad SMARTS) is 1. The van der Waals surface area contributed by atoms with Crippen LogP contribution in [0.4, 0.5) is 0 Å². The monoisotopic (exact) mass is 238 g/mol. The Morgan fingerprint density at radius 3 is 2.00 bits per heavy atom. The van der Waals surface area contributed by atoms with Crippen molar-refractivity contribution in [2.75, 3.05) is 0 Å². The van der Waals surface area contributed by atoms with Crippen molar-refractivity contribution in [1.82, 2.24) is 0 Å². The zero-order valence-electron chi connectivity index (χ0n) is 11.0. The summed E-state index contributed by atoms with van der Waals surface area (Å²) in [4.78, 5) is 9.60. The zero-order chi connectivity index (χ0) is 13.5. The second kappa shape index (κ2) is 6.94. The molecule has 3 nitrogen and oxygen atoms in total. The molecular weight excluding hydrogens is 216 g/mol. The lowest BCUT2D eigenvalue weighted by Gasteiger charge is -2.19. The molecule has 1 aromatic carbocycles. The third-order valence-corrected chi connectivity index (χ3v) is 2.18. The maximum atomic E-state index is 9.60. The Hall–Kier alpha value is -1.51. The molecule has 0 radical (unpaired) electrons. The molecule has 0 atom stereocenters. The van der Waals surface area contributed by atoms with Crippen molar-refractivity contribution in [3.8, 4) is 5.75 Å². The zero-order valence-corrected chi connectivity index (χ0v) is 11.0.